The third-order valence-electron chi connectivity index (χ3n) is 2.64. The smallest absolute Gasteiger partial charge is 0.438 e. The molecule has 10 nitrogen and oxygen atoms in total. The number of carbonyl (C=O) groups excluding carboxylic acids is 3. The summed E-state index contributed by atoms with van der Waals surface area (Å²) >= 11 is 0. The number of ether oxygens (including phenoxy) is 7. The lowest BCUT2D eigenvalue weighted by Crippen LogP contribution is -2.33. The Bertz CT molecular complexity index is 407. The van der Waals surface area contributed by atoms with Crippen molar-refractivity contribution >= 4 is 18.5 Å². The molecule has 20 heavy (non-hydrogen) atoms. The molecule has 112 valence electrons. The van der Waals surface area contributed by atoms with Crippen LogP contribution in [0.2, 0.25) is 0 Å². The molecule has 0 N–H and O–H groups in total. The van der Waals surface area contributed by atoms with Crippen LogP contribution in [-0.2, 0) is 33.2 Å². The van der Waals surface area contributed by atoms with Crippen molar-refractivity contribution in [2.75, 3.05) is 20.8 Å². The Hall–Kier alpha value is -2.23. The van der Waals surface area contributed by atoms with Crippen LogP contribution in [0.15, 0.2) is 0 Å². The van der Waals surface area contributed by atoms with Gasteiger partial charge in [-0.1, -0.05) is 0 Å². The van der Waals surface area contributed by atoms with Crippen LogP contribution in [0.25, 0.3) is 0 Å². The summed E-state index contributed by atoms with van der Waals surface area (Å²) in [5.74, 6) is 0. The van der Waals surface area contributed by atoms with Crippen LogP contribution in [-0.4, -0.2) is 63.9 Å². The van der Waals surface area contributed by atoms with Gasteiger partial charge >= 0.3 is 18.5 Å². The summed E-state index contributed by atoms with van der Waals surface area (Å²) in [4.78, 5) is 33.0. The van der Waals surface area contributed by atoms with Crippen molar-refractivity contribution in [2.24, 2.45) is 0 Å². The summed E-state index contributed by atoms with van der Waals surface area (Å²) in [6, 6.07) is 0. The molecular formula is C10H12O10. The van der Waals surface area contributed by atoms with Gasteiger partial charge in [-0.25, -0.2) is 14.4 Å². The van der Waals surface area contributed by atoms with Crippen molar-refractivity contribution in [1.82, 2.24) is 0 Å². The van der Waals surface area contributed by atoms with Crippen molar-refractivity contribution in [3.05, 3.63) is 0 Å². The normalized spacial score (nSPS) is 30.8. The average molecular weight is 292 g/mol. The van der Waals surface area contributed by atoms with Gasteiger partial charge in [-0.15, -0.1) is 0 Å². The van der Waals surface area contributed by atoms with Gasteiger partial charge in [0.15, 0.2) is 6.10 Å². The fraction of sp³-hybridized carbons (Fsp3) is 0.700. The monoisotopic (exact) mass is 292 g/mol. The predicted octanol–water partition coefficient (Wildman–Crippen LogP) is 0.181. The largest absolute Gasteiger partial charge is 0.510 e. The zero-order valence-electron chi connectivity index (χ0n) is 10.6. The van der Waals surface area contributed by atoms with Crippen molar-refractivity contribution in [3.63, 3.8) is 0 Å². The summed E-state index contributed by atoms with van der Waals surface area (Å²) in [5.41, 5.74) is 0. The molecule has 0 saturated carbocycles. The molecule has 0 bridgehead atoms. The third kappa shape index (κ3) is 2.85. The van der Waals surface area contributed by atoms with Gasteiger partial charge in [0, 0.05) is 0 Å². The maximum atomic E-state index is 11.1. The highest BCUT2D eigenvalue weighted by Gasteiger charge is 2.56. The van der Waals surface area contributed by atoms with Crippen LogP contribution in [0.1, 0.15) is 0 Å². The summed E-state index contributed by atoms with van der Waals surface area (Å²) in [7, 11) is 2.26. The summed E-state index contributed by atoms with van der Waals surface area (Å²) in [5, 5.41) is 0. The molecule has 0 aromatic carbocycles. The number of fused-ring (bicyclic) bond motifs is 1. The van der Waals surface area contributed by atoms with E-state index in [4.69, 9.17) is 23.7 Å². The standard InChI is InChI=1S/C10H12O10/c1-14-8(11)16-3-4-5-6(19-10(13)18-5)7(17-4)20-9(12)15-2/h4-7H,3H2,1-2H3/t4-,5-,6+,7+/m1/s1. The summed E-state index contributed by atoms with van der Waals surface area (Å²) in [6.45, 7) is -0.258. The minimum absolute atomic E-state index is 0.258. The Morgan fingerprint density at radius 1 is 1.10 bits per heavy atom. The first-order valence-electron chi connectivity index (χ1n) is 5.53. The lowest BCUT2D eigenvalue weighted by atomic mass is 10.1. The van der Waals surface area contributed by atoms with Gasteiger partial charge < -0.3 is 33.2 Å². The van der Waals surface area contributed by atoms with Gasteiger partial charge in [-0.3, -0.25) is 0 Å². The van der Waals surface area contributed by atoms with E-state index in [9.17, 15) is 14.4 Å². The van der Waals surface area contributed by atoms with E-state index in [-0.39, 0.29) is 6.61 Å². The molecule has 0 radical (unpaired) electrons. The molecule has 0 unspecified atom stereocenters. The van der Waals surface area contributed by atoms with Crippen molar-refractivity contribution < 1.29 is 47.5 Å². The SMILES string of the molecule is COC(=O)OC[C@H]1O[C@@H](OC(=O)OC)[C@H]2OC(=O)O[C@@H]21. The molecular weight excluding hydrogens is 280 g/mol. The molecule has 2 aliphatic rings. The second-order valence-electron chi connectivity index (χ2n) is 3.79. The first kappa shape index (κ1) is 14.2. The Morgan fingerprint density at radius 2 is 1.75 bits per heavy atom. The van der Waals surface area contributed by atoms with E-state index in [0.29, 0.717) is 0 Å². The number of hydrogen-bond donors (Lipinski definition) is 0. The molecule has 0 amide bonds. The topological polar surface area (TPSA) is 116 Å². The van der Waals surface area contributed by atoms with Gasteiger partial charge in [-0.05, 0) is 0 Å². The first-order chi connectivity index (χ1) is 9.55. The maximum Gasteiger partial charge on any atom is 0.510 e. The Labute approximate surface area is 112 Å². The molecule has 2 fully saturated rings. The van der Waals surface area contributed by atoms with E-state index in [1.165, 1.54) is 0 Å². The molecule has 2 rings (SSSR count). The number of hydrogen-bond acceptors (Lipinski definition) is 10. The van der Waals surface area contributed by atoms with Gasteiger partial charge in [-0.2, -0.15) is 0 Å². The van der Waals surface area contributed by atoms with Crippen LogP contribution >= 0.6 is 0 Å². The van der Waals surface area contributed by atoms with Crippen LogP contribution in [0.4, 0.5) is 14.4 Å². The Balaban J connectivity index is 1.98. The highest BCUT2D eigenvalue weighted by Crippen LogP contribution is 2.33. The maximum absolute atomic E-state index is 11.1. The van der Waals surface area contributed by atoms with Crippen molar-refractivity contribution in [3.8, 4) is 0 Å². The molecule has 4 atom stereocenters. The van der Waals surface area contributed by atoms with Crippen molar-refractivity contribution in [1.29, 1.82) is 0 Å². The van der Waals surface area contributed by atoms with Crippen LogP contribution < -0.4 is 0 Å². The lowest BCUT2D eigenvalue weighted by Gasteiger charge is -2.15. The van der Waals surface area contributed by atoms with Gasteiger partial charge in [0.25, 0.3) is 0 Å². The van der Waals surface area contributed by atoms with E-state index < -0.39 is 43.1 Å². The van der Waals surface area contributed by atoms with E-state index in [0.717, 1.165) is 14.2 Å². The fourth-order valence-electron chi connectivity index (χ4n) is 1.79. The molecule has 10 heteroatoms. The lowest BCUT2D eigenvalue weighted by molar-refractivity contribution is -0.153. The fourth-order valence-corrected chi connectivity index (χ4v) is 1.79. The second kappa shape index (κ2) is 5.82. The summed E-state index contributed by atoms with van der Waals surface area (Å²) < 4.78 is 33.0. The zero-order chi connectivity index (χ0) is 14.7. The van der Waals surface area contributed by atoms with Crippen LogP contribution in [0.3, 0.4) is 0 Å². The number of methoxy groups -OCH3 is 2. The van der Waals surface area contributed by atoms with Gasteiger partial charge in [0.05, 0.1) is 14.2 Å². The minimum Gasteiger partial charge on any atom is -0.438 e. The Morgan fingerprint density at radius 3 is 2.40 bits per heavy atom. The molecule has 2 saturated heterocycles. The molecule has 0 aromatic heterocycles. The minimum atomic E-state index is -1.20. The number of carbonyl (C=O) groups is 3. The molecule has 2 heterocycles. The number of rotatable bonds is 3. The van der Waals surface area contributed by atoms with Gasteiger partial charge in [0.2, 0.25) is 12.4 Å². The average Bonchev–Trinajstić information content (AvgIpc) is 2.95. The summed E-state index contributed by atoms with van der Waals surface area (Å²) in [6.07, 6.45) is -6.72. The quantitative estimate of drug-likeness (QED) is 0.526. The van der Waals surface area contributed by atoms with Crippen LogP contribution in [0, 0.1) is 0 Å². The van der Waals surface area contributed by atoms with Crippen LogP contribution in [0.5, 0.6) is 0 Å². The third-order valence-corrected chi connectivity index (χ3v) is 2.64. The van der Waals surface area contributed by atoms with E-state index >= 15 is 0 Å². The highest BCUT2D eigenvalue weighted by molar-refractivity contribution is 5.64. The van der Waals surface area contributed by atoms with Gasteiger partial charge in [0.1, 0.15) is 12.7 Å². The van der Waals surface area contributed by atoms with E-state index in [1.807, 2.05) is 0 Å². The Kier molecular flexibility index (Phi) is 4.13. The molecule has 0 spiro atoms. The second-order valence-corrected chi connectivity index (χ2v) is 3.79. The van der Waals surface area contributed by atoms with E-state index in [1.54, 1.807) is 0 Å². The highest BCUT2D eigenvalue weighted by atomic mass is 16.8. The molecule has 0 aromatic rings. The first-order valence-corrected chi connectivity index (χ1v) is 5.53. The molecule has 0 aliphatic carbocycles. The van der Waals surface area contributed by atoms with Crippen molar-refractivity contribution in [2.45, 2.75) is 24.6 Å². The zero-order valence-corrected chi connectivity index (χ0v) is 10.6. The molecule has 2 aliphatic heterocycles. The predicted molar refractivity (Wildman–Crippen MR) is 55.7 cm³/mol. The van der Waals surface area contributed by atoms with E-state index in [2.05, 4.69) is 9.47 Å².